The molecule has 1 aliphatic heterocycles. The van der Waals surface area contributed by atoms with E-state index in [9.17, 15) is 9.90 Å². The molecule has 3 atom stereocenters. The Labute approximate surface area is 194 Å². The summed E-state index contributed by atoms with van der Waals surface area (Å²) >= 11 is 7.85. The zero-order chi connectivity index (χ0) is 22.2. The maximum absolute atomic E-state index is 12.9. The predicted octanol–water partition coefficient (Wildman–Crippen LogP) is 6.21. The van der Waals surface area contributed by atoms with Gasteiger partial charge in [0.15, 0.2) is 12.4 Å². The number of nitrogens with zero attached hydrogens (tertiary/aromatic N) is 1. The first-order valence-corrected chi connectivity index (χ1v) is 12.7. The number of hydrogen-bond acceptors (Lipinski definition) is 6. The highest BCUT2D eigenvalue weighted by atomic mass is 35.5. The number of Topliss-reactive ketones (excluding diaryl/α,β-unsaturated/α-hetero) is 1. The van der Waals surface area contributed by atoms with E-state index in [1.165, 1.54) is 12.2 Å². The monoisotopic (exact) mass is 465 g/mol. The lowest BCUT2D eigenvalue weighted by Gasteiger charge is -2.32. The lowest BCUT2D eigenvalue weighted by molar-refractivity contribution is -0.117. The smallest absolute Gasteiger partial charge is 0.168 e. The molecule has 1 N–H and O–H groups in total. The first-order chi connectivity index (χ1) is 15.0. The first kappa shape index (κ1) is 24.0. The van der Waals surface area contributed by atoms with Crippen molar-refractivity contribution in [1.82, 2.24) is 0 Å². The highest BCUT2D eigenvalue weighted by molar-refractivity contribution is 7.99. The van der Waals surface area contributed by atoms with Crippen molar-refractivity contribution in [3.8, 4) is 5.75 Å². The predicted molar refractivity (Wildman–Crippen MR) is 127 cm³/mol. The standard InChI is InChI=1S/C24H32ClNO4S/c1-3-5-21(26-29-14-16(2)30-20-9-7-19(25)8-10-20)24-22(27)12-18(13-23(24)28)17-6-4-11-31-15-17/h7-10,16-18,27H,3-6,11-15H2,1-2H3/b26-21+/t16-,17-,18-/m0/s1. The van der Waals surface area contributed by atoms with E-state index in [2.05, 4.69) is 5.16 Å². The molecule has 1 heterocycles. The van der Waals surface area contributed by atoms with Gasteiger partial charge in [-0.05, 0) is 73.8 Å². The molecule has 0 radical (unpaired) electrons. The minimum absolute atomic E-state index is 0.00872. The molecule has 1 aromatic rings. The minimum Gasteiger partial charge on any atom is -0.511 e. The maximum Gasteiger partial charge on any atom is 0.168 e. The van der Waals surface area contributed by atoms with Crippen molar-refractivity contribution in [2.75, 3.05) is 18.1 Å². The zero-order valence-corrected chi connectivity index (χ0v) is 19.9. The number of ether oxygens (including phenoxy) is 1. The molecular formula is C24H32ClNO4S. The molecule has 3 rings (SSSR count). The van der Waals surface area contributed by atoms with Crippen LogP contribution in [-0.2, 0) is 9.63 Å². The van der Waals surface area contributed by atoms with E-state index < -0.39 is 0 Å². The van der Waals surface area contributed by atoms with E-state index in [1.807, 2.05) is 25.6 Å². The number of oxime groups is 1. The number of thioether (sulfide) groups is 1. The highest BCUT2D eigenvalue weighted by Gasteiger charge is 2.35. The first-order valence-electron chi connectivity index (χ1n) is 11.1. The molecule has 1 aromatic carbocycles. The van der Waals surface area contributed by atoms with E-state index >= 15 is 0 Å². The average Bonchev–Trinajstić information content (AvgIpc) is 2.75. The Morgan fingerprint density at radius 2 is 2.06 bits per heavy atom. The maximum atomic E-state index is 12.9. The lowest BCUT2D eigenvalue weighted by atomic mass is 9.76. The molecule has 7 heteroatoms. The molecule has 170 valence electrons. The van der Waals surface area contributed by atoms with Crippen molar-refractivity contribution >= 4 is 34.9 Å². The second-order valence-corrected chi connectivity index (χ2v) is 9.94. The molecule has 1 aliphatic carbocycles. The summed E-state index contributed by atoms with van der Waals surface area (Å²) in [5, 5.41) is 15.6. The molecule has 0 aromatic heterocycles. The van der Waals surface area contributed by atoms with Crippen molar-refractivity contribution in [2.45, 2.75) is 58.5 Å². The van der Waals surface area contributed by atoms with Crippen LogP contribution < -0.4 is 4.74 Å². The average molecular weight is 466 g/mol. The fourth-order valence-electron chi connectivity index (χ4n) is 4.17. The van der Waals surface area contributed by atoms with Gasteiger partial charge in [0.2, 0.25) is 0 Å². The molecule has 0 bridgehead atoms. The lowest BCUT2D eigenvalue weighted by Crippen LogP contribution is -2.31. The van der Waals surface area contributed by atoms with Gasteiger partial charge in [0.1, 0.15) is 17.6 Å². The van der Waals surface area contributed by atoms with Gasteiger partial charge < -0.3 is 14.7 Å². The van der Waals surface area contributed by atoms with E-state index in [0.29, 0.717) is 47.2 Å². The largest absolute Gasteiger partial charge is 0.511 e. The molecule has 1 saturated heterocycles. The van der Waals surface area contributed by atoms with Crippen molar-refractivity contribution in [1.29, 1.82) is 0 Å². The van der Waals surface area contributed by atoms with Gasteiger partial charge >= 0.3 is 0 Å². The van der Waals surface area contributed by atoms with Crippen LogP contribution in [0.25, 0.3) is 0 Å². The molecule has 0 amide bonds. The van der Waals surface area contributed by atoms with Gasteiger partial charge in [-0.1, -0.05) is 30.1 Å². The molecule has 0 unspecified atom stereocenters. The van der Waals surface area contributed by atoms with E-state index in [1.54, 1.807) is 24.3 Å². The summed E-state index contributed by atoms with van der Waals surface area (Å²) in [6.45, 7) is 4.15. The normalized spacial score (nSPS) is 23.6. The van der Waals surface area contributed by atoms with Crippen molar-refractivity contribution in [3.63, 3.8) is 0 Å². The minimum atomic E-state index is -0.231. The number of aliphatic hydroxyl groups excluding tert-OH is 1. The Bertz CT molecular complexity index is 802. The number of carbonyl (C=O) groups excluding carboxylic acids is 1. The number of allylic oxidation sites excluding steroid dienone is 2. The SMILES string of the molecule is CCC/C(=N\OC[C@H](C)Oc1ccc(Cl)cc1)C1=C(O)C[C@H]([C@H]2CCCSC2)CC1=O. The summed E-state index contributed by atoms with van der Waals surface area (Å²) in [6.07, 6.45) is 4.56. The molecule has 0 spiro atoms. The fourth-order valence-corrected chi connectivity index (χ4v) is 5.58. The summed E-state index contributed by atoms with van der Waals surface area (Å²) < 4.78 is 5.80. The Morgan fingerprint density at radius 1 is 1.29 bits per heavy atom. The Morgan fingerprint density at radius 3 is 2.71 bits per heavy atom. The van der Waals surface area contributed by atoms with E-state index in [4.69, 9.17) is 21.2 Å². The van der Waals surface area contributed by atoms with Gasteiger partial charge in [-0.2, -0.15) is 11.8 Å². The van der Waals surface area contributed by atoms with Crippen LogP contribution in [-0.4, -0.2) is 40.8 Å². The number of carbonyl (C=O) groups is 1. The number of rotatable bonds is 9. The highest BCUT2D eigenvalue weighted by Crippen LogP contribution is 2.38. The quantitative estimate of drug-likeness (QED) is 0.346. The van der Waals surface area contributed by atoms with E-state index in [-0.39, 0.29) is 30.2 Å². The van der Waals surface area contributed by atoms with E-state index in [0.717, 1.165) is 18.6 Å². The Kier molecular flexibility index (Phi) is 9.15. The molecule has 2 aliphatic rings. The second-order valence-electron chi connectivity index (χ2n) is 8.36. The van der Waals surface area contributed by atoms with Crippen molar-refractivity contribution in [3.05, 3.63) is 40.6 Å². The molecule has 31 heavy (non-hydrogen) atoms. The number of ketones is 1. The second kappa shape index (κ2) is 11.8. The molecule has 0 saturated carbocycles. The van der Waals surface area contributed by atoms with Gasteiger partial charge in [-0.15, -0.1) is 0 Å². The van der Waals surface area contributed by atoms with Crippen LogP contribution in [0.1, 0.15) is 52.4 Å². The van der Waals surface area contributed by atoms with Crippen molar-refractivity contribution in [2.24, 2.45) is 17.0 Å². The number of halogens is 1. The summed E-state index contributed by atoms with van der Waals surface area (Å²) in [4.78, 5) is 18.5. The van der Waals surface area contributed by atoms with Gasteiger partial charge in [0, 0.05) is 17.9 Å². The van der Waals surface area contributed by atoms with Crippen LogP contribution >= 0.6 is 23.4 Å². The molecule has 1 fully saturated rings. The van der Waals surface area contributed by atoms with Crippen LogP contribution in [0.3, 0.4) is 0 Å². The van der Waals surface area contributed by atoms with Crippen LogP contribution in [0.5, 0.6) is 5.75 Å². The van der Waals surface area contributed by atoms with Crippen LogP contribution in [0.15, 0.2) is 40.8 Å². The third-order valence-corrected chi connectivity index (χ3v) is 7.24. The zero-order valence-electron chi connectivity index (χ0n) is 18.3. The van der Waals surface area contributed by atoms with Gasteiger partial charge in [0.05, 0.1) is 11.3 Å². The third-order valence-electron chi connectivity index (χ3n) is 5.74. The number of aliphatic hydroxyl groups is 1. The number of benzene rings is 1. The third kappa shape index (κ3) is 6.91. The van der Waals surface area contributed by atoms with Crippen LogP contribution in [0.2, 0.25) is 5.02 Å². The van der Waals surface area contributed by atoms with Gasteiger partial charge in [-0.3, -0.25) is 4.79 Å². The van der Waals surface area contributed by atoms with Gasteiger partial charge in [-0.25, -0.2) is 0 Å². The summed E-state index contributed by atoms with van der Waals surface area (Å²) in [5.74, 6) is 3.91. The molecular weight excluding hydrogens is 434 g/mol. The summed E-state index contributed by atoms with van der Waals surface area (Å²) in [6, 6.07) is 7.14. The summed E-state index contributed by atoms with van der Waals surface area (Å²) in [7, 11) is 0. The fraction of sp³-hybridized carbons (Fsp3) is 0.583. The summed E-state index contributed by atoms with van der Waals surface area (Å²) in [5.41, 5.74) is 0.910. The van der Waals surface area contributed by atoms with Crippen molar-refractivity contribution < 1.29 is 19.5 Å². The van der Waals surface area contributed by atoms with Crippen LogP contribution in [0, 0.1) is 11.8 Å². The Balaban J connectivity index is 1.62. The molecule has 5 nitrogen and oxygen atoms in total. The van der Waals surface area contributed by atoms with Gasteiger partial charge in [0.25, 0.3) is 0 Å². The van der Waals surface area contributed by atoms with Crippen LogP contribution in [0.4, 0.5) is 0 Å². The number of hydrogen-bond donors (Lipinski definition) is 1. The Hall–Kier alpha value is -1.66. The topological polar surface area (TPSA) is 68.1 Å².